The number of rotatable bonds is 3. The van der Waals surface area contributed by atoms with Crippen LogP contribution in [0.3, 0.4) is 0 Å². The minimum absolute atomic E-state index is 0.0784. The zero-order valence-electron chi connectivity index (χ0n) is 13.6. The highest BCUT2D eigenvalue weighted by molar-refractivity contribution is 5.74. The van der Waals surface area contributed by atoms with Gasteiger partial charge in [0.15, 0.2) is 0 Å². The third-order valence-electron chi connectivity index (χ3n) is 6.29. The van der Waals surface area contributed by atoms with E-state index in [-0.39, 0.29) is 12.6 Å². The Hall–Kier alpha value is -1.55. The van der Waals surface area contributed by atoms with E-state index in [0.29, 0.717) is 17.3 Å². The number of urea groups is 1. The normalized spacial score (nSPS) is 29.6. The van der Waals surface area contributed by atoms with E-state index < -0.39 is 0 Å². The minimum atomic E-state index is 0.0784. The molecule has 4 nitrogen and oxygen atoms in total. The summed E-state index contributed by atoms with van der Waals surface area (Å²) in [5, 5.41) is 12.3. The molecule has 1 aromatic carbocycles. The summed E-state index contributed by atoms with van der Waals surface area (Å²) in [5.74, 6) is 0.978. The summed E-state index contributed by atoms with van der Waals surface area (Å²) in [4.78, 5) is 14.2. The van der Waals surface area contributed by atoms with Gasteiger partial charge >= 0.3 is 6.03 Å². The highest BCUT2D eigenvalue weighted by Crippen LogP contribution is 2.61. The highest BCUT2D eigenvalue weighted by Gasteiger charge is 2.57. The van der Waals surface area contributed by atoms with Gasteiger partial charge in [-0.05, 0) is 55.1 Å². The first kappa shape index (κ1) is 15.0. The lowest BCUT2D eigenvalue weighted by Crippen LogP contribution is -2.45. The van der Waals surface area contributed by atoms with Crippen LogP contribution in [0.2, 0.25) is 0 Å². The topological polar surface area (TPSA) is 52.6 Å². The lowest BCUT2D eigenvalue weighted by Gasteiger charge is -2.31. The molecule has 0 radical (unpaired) electrons. The molecular formula is C19H26N2O2. The molecule has 23 heavy (non-hydrogen) atoms. The molecule has 1 aliphatic heterocycles. The monoisotopic (exact) mass is 314 g/mol. The number of hydrogen-bond donors (Lipinski definition) is 2. The molecule has 1 heterocycles. The molecule has 2 amide bonds. The van der Waals surface area contributed by atoms with Gasteiger partial charge in [-0.1, -0.05) is 24.3 Å². The summed E-state index contributed by atoms with van der Waals surface area (Å²) in [5.41, 5.74) is 3.39. The van der Waals surface area contributed by atoms with Crippen molar-refractivity contribution >= 4 is 6.03 Å². The summed E-state index contributed by atoms with van der Waals surface area (Å²) < 4.78 is 0. The minimum Gasteiger partial charge on any atom is -0.396 e. The number of aliphatic hydroxyl groups is 1. The molecule has 4 heteroatoms. The Labute approximate surface area is 137 Å². The average Bonchev–Trinajstić information content (AvgIpc) is 3.19. The maximum Gasteiger partial charge on any atom is 0.317 e. The number of benzene rings is 1. The number of fused-ring (bicyclic) bond motifs is 2. The molecule has 2 atom stereocenters. The molecule has 1 saturated heterocycles. The number of aryl methyl sites for hydroxylation is 1. The number of carbonyl (C=O) groups is 1. The fourth-order valence-corrected chi connectivity index (χ4v) is 4.64. The van der Waals surface area contributed by atoms with Crippen LogP contribution in [0.1, 0.15) is 36.8 Å². The molecule has 4 rings (SSSR count). The summed E-state index contributed by atoms with van der Waals surface area (Å²) in [7, 11) is 0. The Morgan fingerprint density at radius 1 is 1.30 bits per heavy atom. The SMILES string of the molecule is O=C(NC[C@H]1C[C@@]12CCc1ccccc12)N1CCC(CO)CC1. The molecule has 2 N–H and O–H groups in total. The lowest BCUT2D eigenvalue weighted by atomic mass is 9.95. The molecule has 1 saturated carbocycles. The summed E-state index contributed by atoms with van der Waals surface area (Å²) in [6.45, 7) is 2.60. The zero-order chi connectivity index (χ0) is 15.9. The van der Waals surface area contributed by atoms with Gasteiger partial charge in [0.25, 0.3) is 0 Å². The fraction of sp³-hybridized carbons (Fsp3) is 0.632. The van der Waals surface area contributed by atoms with Gasteiger partial charge in [0.05, 0.1) is 0 Å². The van der Waals surface area contributed by atoms with E-state index >= 15 is 0 Å². The number of nitrogens with zero attached hydrogens (tertiary/aromatic N) is 1. The molecule has 1 spiro atoms. The van der Waals surface area contributed by atoms with Gasteiger partial charge in [0.1, 0.15) is 0 Å². The highest BCUT2D eigenvalue weighted by atomic mass is 16.3. The van der Waals surface area contributed by atoms with Crippen molar-refractivity contribution in [2.45, 2.75) is 37.5 Å². The van der Waals surface area contributed by atoms with Crippen molar-refractivity contribution in [3.05, 3.63) is 35.4 Å². The second-order valence-electron chi connectivity index (χ2n) is 7.51. The first-order valence-electron chi connectivity index (χ1n) is 8.95. The van der Waals surface area contributed by atoms with Crippen molar-refractivity contribution in [1.82, 2.24) is 10.2 Å². The van der Waals surface area contributed by atoms with Crippen LogP contribution in [0.15, 0.2) is 24.3 Å². The maximum atomic E-state index is 12.3. The van der Waals surface area contributed by atoms with Gasteiger partial charge < -0.3 is 15.3 Å². The fourth-order valence-electron chi connectivity index (χ4n) is 4.64. The Morgan fingerprint density at radius 3 is 2.87 bits per heavy atom. The maximum absolute atomic E-state index is 12.3. The van der Waals surface area contributed by atoms with Crippen LogP contribution in [0.25, 0.3) is 0 Å². The van der Waals surface area contributed by atoms with E-state index in [1.165, 1.54) is 30.4 Å². The second kappa shape index (κ2) is 5.82. The lowest BCUT2D eigenvalue weighted by molar-refractivity contribution is 0.137. The molecule has 0 bridgehead atoms. The van der Waals surface area contributed by atoms with E-state index in [2.05, 4.69) is 29.6 Å². The van der Waals surface area contributed by atoms with Gasteiger partial charge in [-0.15, -0.1) is 0 Å². The second-order valence-corrected chi connectivity index (χ2v) is 7.51. The zero-order valence-corrected chi connectivity index (χ0v) is 13.6. The van der Waals surface area contributed by atoms with E-state index in [0.717, 1.165) is 32.5 Å². The number of likely N-dealkylation sites (tertiary alicyclic amines) is 1. The Balaban J connectivity index is 1.29. The molecule has 2 aliphatic carbocycles. The van der Waals surface area contributed by atoms with Crippen molar-refractivity contribution in [3.8, 4) is 0 Å². The quantitative estimate of drug-likeness (QED) is 0.899. The predicted molar refractivity (Wildman–Crippen MR) is 89.3 cm³/mol. The Morgan fingerprint density at radius 2 is 2.09 bits per heavy atom. The molecular weight excluding hydrogens is 288 g/mol. The largest absolute Gasteiger partial charge is 0.396 e. The molecule has 0 unspecified atom stereocenters. The van der Waals surface area contributed by atoms with E-state index in [1.54, 1.807) is 0 Å². The number of amides is 2. The predicted octanol–water partition coefficient (Wildman–Crippen LogP) is 2.30. The van der Waals surface area contributed by atoms with Crippen molar-refractivity contribution in [2.75, 3.05) is 26.2 Å². The molecule has 2 fully saturated rings. The summed E-state index contributed by atoms with van der Waals surface area (Å²) in [6, 6.07) is 8.89. The number of hydrogen-bond acceptors (Lipinski definition) is 2. The van der Waals surface area contributed by atoms with Crippen LogP contribution in [-0.4, -0.2) is 42.3 Å². The van der Waals surface area contributed by atoms with E-state index in [4.69, 9.17) is 0 Å². The third kappa shape index (κ3) is 2.63. The van der Waals surface area contributed by atoms with Gasteiger partial charge in [0, 0.05) is 31.7 Å². The molecule has 124 valence electrons. The van der Waals surface area contributed by atoms with Crippen LogP contribution in [0, 0.1) is 11.8 Å². The molecule has 0 aromatic heterocycles. The van der Waals surface area contributed by atoms with Crippen molar-refractivity contribution in [3.63, 3.8) is 0 Å². The number of aliphatic hydroxyl groups excluding tert-OH is 1. The van der Waals surface area contributed by atoms with Crippen LogP contribution in [0.5, 0.6) is 0 Å². The number of nitrogens with one attached hydrogen (secondary N) is 1. The number of carbonyl (C=O) groups excluding carboxylic acids is 1. The summed E-state index contributed by atoms with van der Waals surface area (Å²) in [6.07, 6.45) is 5.50. The van der Waals surface area contributed by atoms with Gasteiger partial charge in [0.2, 0.25) is 0 Å². The van der Waals surface area contributed by atoms with Gasteiger partial charge in [-0.3, -0.25) is 0 Å². The van der Waals surface area contributed by atoms with Crippen LogP contribution in [-0.2, 0) is 11.8 Å². The first-order chi connectivity index (χ1) is 11.2. The van der Waals surface area contributed by atoms with Gasteiger partial charge in [-0.2, -0.15) is 0 Å². The Bertz CT molecular complexity index is 595. The summed E-state index contributed by atoms with van der Waals surface area (Å²) >= 11 is 0. The van der Waals surface area contributed by atoms with Crippen LogP contribution >= 0.6 is 0 Å². The standard InChI is InChI=1S/C19H26N2O2/c22-13-14-6-9-21(10-7-14)18(23)20-12-16-11-19(16)8-5-15-3-1-2-4-17(15)19/h1-4,14,16,22H,5-13H2,(H,20,23)/t16-,19+/m1/s1. The van der Waals surface area contributed by atoms with Gasteiger partial charge in [-0.25, -0.2) is 4.79 Å². The first-order valence-corrected chi connectivity index (χ1v) is 8.95. The van der Waals surface area contributed by atoms with E-state index in [1.807, 2.05) is 4.90 Å². The van der Waals surface area contributed by atoms with Crippen LogP contribution < -0.4 is 5.32 Å². The Kier molecular flexibility index (Phi) is 3.80. The van der Waals surface area contributed by atoms with Crippen molar-refractivity contribution in [1.29, 1.82) is 0 Å². The third-order valence-corrected chi connectivity index (χ3v) is 6.29. The average molecular weight is 314 g/mol. The smallest absolute Gasteiger partial charge is 0.317 e. The van der Waals surface area contributed by atoms with Crippen LogP contribution in [0.4, 0.5) is 4.79 Å². The molecule has 3 aliphatic rings. The molecule has 1 aromatic rings. The van der Waals surface area contributed by atoms with E-state index in [9.17, 15) is 9.90 Å². The van der Waals surface area contributed by atoms with Crippen molar-refractivity contribution in [2.24, 2.45) is 11.8 Å². The number of piperidine rings is 1. The van der Waals surface area contributed by atoms with Crippen molar-refractivity contribution < 1.29 is 9.90 Å².